The van der Waals surface area contributed by atoms with Gasteiger partial charge in [-0.1, -0.05) is 31.5 Å². The number of aryl methyl sites for hydroxylation is 1. The number of carbonyl (C=O) groups is 1. The summed E-state index contributed by atoms with van der Waals surface area (Å²) < 4.78 is 3.24. The van der Waals surface area contributed by atoms with E-state index in [0.29, 0.717) is 28.1 Å². The summed E-state index contributed by atoms with van der Waals surface area (Å²) in [7, 11) is 1.59. The van der Waals surface area contributed by atoms with E-state index in [1.54, 1.807) is 56.1 Å². The maximum atomic E-state index is 13.0. The third-order valence-electron chi connectivity index (χ3n) is 4.84. The fourth-order valence-corrected chi connectivity index (χ4v) is 3.31. The van der Waals surface area contributed by atoms with E-state index in [0.717, 1.165) is 5.56 Å². The molecule has 0 aliphatic rings. The van der Waals surface area contributed by atoms with Gasteiger partial charge in [0.2, 0.25) is 0 Å². The van der Waals surface area contributed by atoms with Crippen molar-refractivity contribution in [1.29, 1.82) is 0 Å². The molecule has 4 aromatic rings. The number of carbonyl (C=O) groups excluding carboxylic acids is 1. The van der Waals surface area contributed by atoms with Crippen molar-refractivity contribution < 1.29 is 4.79 Å². The first-order valence-corrected chi connectivity index (χ1v) is 11.2. The Morgan fingerprint density at radius 2 is 1.88 bits per heavy atom. The normalized spacial score (nSPS) is 10.6. The molecule has 0 fully saturated rings. The molecule has 10 heteroatoms. The summed E-state index contributed by atoms with van der Waals surface area (Å²) in [6.07, 6.45) is 4.86. The Labute approximate surface area is 202 Å². The Balaban J connectivity index is 0.00000158. The summed E-state index contributed by atoms with van der Waals surface area (Å²) in [5.41, 5.74) is 1.50. The minimum absolute atomic E-state index is 0.0162. The first-order chi connectivity index (χ1) is 16.3. The van der Waals surface area contributed by atoms with Crippen LogP contribution in [0.15, 0.2) is 59.9 Å². The fraction of sp³-hybridized carbons (Fsp3) is 0.250. The van der Waals surface area contributed by atoms with Gasteiger partial charge in [-0.3, -0.25) is 9.59 Å². The van der Waals surface area contributed by atoms with Gasteiger partial charge in [0.15, 0.2) is 5.82 Å². The largest absolute Gasteiger partial charge is 0.317 e. The monoisotopic (exact) mass is 479 g/mol. The number of amides is 1. The van der Waals surface area contributed by atoms with Crippen molar-refractivity contribution in [3.63, 3.8) is 0 Å². The molecule has 0 aromatic carbocycles. The van der Waals surface area contributed by atoms with Crippen molar-refractivity contribution in [1.82, 2.24) is 29.3 Å². The number of anilines is 1. The molecule has 0 saturated heterocycles. The van der Waals surface area contributed by atoms with E-state index in [1.807, 2.05) is 32.3 Å². The van der Waals surface area contributed by atoms with Gasteiger partial charge in [0.1, 0.15) is 28.6 Å². The van der Waals surface area contributed by atoms with Crippen molar-refractivity contribution in [2.24, 2.45) is 7.05 Å². The minimum Gasteiger partial charge on any atom is -0.317 e. The molecule has 4 aromatic heterocycles. The van der Waals surface area contributed by atoms with Gasteiger partial charge in [0, 0.05) is 36.6 Å². The standard InChI is InChI=1S/C22H20ClN7O2.C2H6/c1-13(2)30-12-25-28-20(30)17-5-4-6-19(26-17)27-21(31)16-9-15(11-29(3)22(16)32)14-7-8-18(23)24-10-14;1-2/h4-13H,1-3H3,(H,26,27,31);1-2H3. The average Bonchev–Trinajstić information content (AvgIpc) is 3.33. The van der Waals surface area contributed by atoms with E-state index in [-0.39, 0.29) is 11.6 Å². The van der Waals surface area contributed by atoms with Crippen LogP contribution >= 0.6 is 11.6 Å². The van der Waals surface area contributed by atoms with Gasteiger partial charge < -0.3 is 14.5 Å². The van der Waals surface area contributed by atoms with Crippen LogP contribution in [0, 0.1) is 0 Å². The van der Waals surface area contributed by atoms with Crippen molar-refractivity contribution >= 4 is 23.3 Å². The highest BCUT2D eigenvalue weighted by Gasteiger charge is 2.17. The van der Waals surface area contributed by atoms with E-state index >= 15 is 0 Å². The Kier molecular flexibility index (Phi) is 7.91. The molecule has 0 aliphatic carbocycles. The molecule has 176 valence electrons. The SMILES string of the molecule is CC.CC(C)n1cnnc1-c1cccc(NC(=O)c2cc(-c3ccc(Cl)nc3)cn(C)c2=O)n1. The van der Waals surface area contributed by atoms with Gasteiger partial charge in [-0.25, -0.2) is 9.97 Å². The highest BCUT2D eigenvalue weighted by Crippen LogP contribution is 2.21. The van der Waals surface area contributed by atoms with Crippen LogP contribution in [0.5, 0.6) is 0 Å². The van der Waals surface area contributed by atoms with Crippen molar-refractivity contribution in [3.8, 4) is 22.6 Å². The Bertz CT molecular complexity index is 1340. The second-order valence-electron chi connectivity index (χ2n) is 7.45. The van der Waals surface area contributed by atoms with Crippen molar-refractivity contribution in [2.75, 3.05) is 5.32 Å². The zero-order valence-electron chi connectivity index (χ0n) is 19.7. The minimum atomic E-state index is -0.565. The lowest BCUT2D eigenvalue weighted by Crippen LogP contribution is -2.27. The maximum Gasteiger partial charge on any atom is 0.263 e. The van der Waals surface area contributed by atoms with Crippen LogP contribution in [0.2, 0.25) is 5.15 Å². The van der Waals surface area contributed by atoms with E-state index in [4.69, 9.17) is 11.6 Å². The third-order valence-corrected chi connectivity index (χ3v) is 5.06. The lowest BCUT2D eigenvalue weighted by Gasteiger charge is -2.11. The second kappa shape index (κ2) is 10.8. The lowest BCUT2D eigenvalue weighted by atomic mass is 10.1. The first kappa shape index (κ1) is 24.8. The Morgan fingerprint density at radius 1 is 1.12 bits per heavy atom. The lowest BCUT2D eigenvalue weighted by molar-refractivity contribution is 0.102. The number of aromatic nitrogens is 6. The summed E-state index contributed by atoms with van der Waals surface area (Å²) in [6, 6.07) is 10.3. The van der Waals surface area contributed by atoms with Gasteiger partial charge in [0.05, 0.1) is 0 Å². The summed E-state index contributed by atoms with van der Waals surface area (Å²) in [5.74, 6) is 0.319. The molecule has 9 nitrogen and oxygen atoms in total. The maximum absolute atomic E-state index is 13.0. The quantitative estimate of drug-likeness (QED) is 0.418. The average molecular weight is 480 g/mol. The molecule has 0 aliphatic heterocycles. The van der Waals surface area contributed by atoms with Crippen LogP contribution in [0.25, 0.3) is 22.6 Å². The number of hydrogen-bond acceptors (Lipinski definition) is 6. The predicted molar refractivity (Wildman–Crippen MR) is 133 cm³/mol. The van der Waals surface area contributed by atoms with Gasteiger partial charge in [-0.05, 0) is 44.2 Å². The van der Waals surface area contributed by atoms with Gasteiger partial charge in [-0.15, -0.1) is 10.2 Å². The summed E-state index contributed by atoms with van der Waals surface area (Å²) >= 11 is 5.86. The van der Waals surface area contributed by atoms with Crippen LogP contribution in [-0.2, 0) is 7.05 Å². The van der Waals surface area contributed by atoms with Crippen LogP contribution in [0.3, 0.4) is 0 Å². The smallest absolute Gasteiger partial charge is 0.263 e. The number of nitrogens with one attached hydrogen (secondary N) is 1. The third kappa shape index (κ3) is 5.37. The molecule has 1 N–H and O–H groups in total. The van der Waals surface area contributed by atoms with Gasteiger partial charge in [0.25, 0.3) is 11.5 Å². The summed E-state index contributed by atoms with van der Waals surface area (Å²) in [5, 5.41) is 11.1. The number of nitrogens with zero attached hydrogens (tertiary/aromatic N) is 6. The van der Waals surface area contributed by atoms with E-state index in [2.05, 4.69) is 25.5 Å². The number of hydrogen-bond donors (Lipinski definition) is 1. The van der Waals surface area contributed by atoms with Gasteiger partial charge in [-0.2, -0.15) is 0 Å². The summed E-state index contributed by atoms with van der Waals surface area (Å²) in [6.45, 7) is 8.02. The molecule has 4 rings (SSSR count). The van der Waals surface area contributed by atoms with E-state index in [9.17, 15) is 9.59 Å². The highest BCUT2D eigenvalue weighted by atomic mass is 35.5. The molecule has 4 heterocycles. The number of halogens is 1. The molecule has 0 unspecified atom stereocenters. The topological polar surface area (TPSA) is 108 Å². The zero-order valence-corrected chi connectivity index (χ0v) is 20.4. The van der Waals surface area contributed by atoms with Crippen LogP contribution in [0.4, 0.5) is 5.82 Å². The molecule has 0 radical (unpaired) electrons. The van der Waals surface area contributed by atoms with Crippen molar-refractivity contribution in [2.45, 2.75) is 33.7 Å². The molecular weight excluding hydrogens is 454 g/mol. The fourth-order valence-electron chi connectivity index (χ4n) is 3.20. The zero-order chi connectivity index (χ0) is 24.8. The second-order valence-corrected chi connectivity index (χ2v) is 7.83. The number of rotatable bonds is 5. The van der Waals surface area contributed by atoms with Crippen LogP contribution < -0.4 is 10.9 Å². The molecule has 0 atom stereocenters. The Morgan fingerprint density at radius 3 is 2.56 bits per heavy atom. The van der Waals surface area contributed by atoms with Gasteiger partial charge >= 0.3 is 0 Å². The first-order valence-electron chi connectivity index (χ1n) is 10.8. The molecule has 0 spiro atoms. The number of pyridine rings is 3. The molecule has 0 bridgehead atoms. The predicted octanol–water partition coefficient (Wildman–Crippen LogP) is 4.61. The summed E-state index contributed by atoms with van der Waals surface area (Å²) in [4.78, 5) is 34.1. The van der Waals surface area contributed by atoms with Crippen LogP contribution in [-0.4, -0.2) is 35.2 Å². The van der Waals surface area contributed by atoms with Crippen LogP contribution in [0.1, 0.15) is 44.1 Å². The molecular formula is C24H26ClN7O2. The van der Waals surface area contributed by atoms with E-state index < -0.39 is 11.5 Å². The molecule has 0 saturated carbocycles. The molecule has 34 heavy (non-hydrogen) atoms. The van der Waals surface area contributed by atoms with Crippen molar-refractivity contribution in [3.05, 3.63) is 76.2 Å². The van der Waals surface area contributed by atoms with E-state index in [1.165, 1.54) is 10.6 Å². The Hall–Kier alpha value is -3.85. The highest BCUT2D eigenvalue weighted by molar-refractivity contribution is 6.29. The molecule has 1 amide bonds.